The van der Waals surface area contributed by atoms with E-state index >= 15 is 0 Å². The van der Waals surface area contributed by atoms with Gasteiger partial charge in [0.25, 0.3) is 0 Å². The van der Waals surface area contributed by atoms with Gasteiger partial charge in [0.1, 0.15) is 28.6 Å². The summed E-state index contributed by atoms with van der Waals surface area (Å²) >= 11 is 17.4. The van der Waals surface area contributed by atoms with Crippen LogP contribution in [0.1, 0.15) is 13.8 Å². The summed E-state index contributed by atoms with van der Waals surface area (Å²) in [5.74, 6) is -1.13. The maximum absolute atomic E-state index is 5.96. The van der Waals surface area contributed by atoms with Gasteiger partial charge in [-0.15, -0.1) is 11.6 Å². The van der Waals surface area contributed by atoms with Crippen LogP contribution in [-0.4, -0.2) is 17.7 Å². The van der Waals surface area contributed by atoms with Crippen LogP contribution in [0.4, 0.5) is 0 Å². The Balaban J connectivity index is 3.70. The first-order chi connectivity index (χ1) is 4.00. The number of alkyl halides is 1. The molecular weight excluding hydrogens is 197 g/mol. The standard InChI is InChI=1S/C5H11Cl3P/c1-5(2)9(7,8)4-3-6/h5H,3-4H2,1-2H3/q+1. The van der Waals surface area contributed by atoms with E-state index in [-0.39, 0.29) is 0 Å². The van der Waals surface area contributed by atoms with E-state index in [1.165, 1.54) is 0 Å². The molecule has 0 aromatic rings. The number of hydrogen-bond acceptors (Lipinski definition) is 0. The lowest BCUT2D eigenvalue weighted by Crippen LogP contribution is -1.99. The summed E-state index contributed by atoms with van der Waals surface area (Å²) in [6, 6.07) is 0. The van der Waals surface area contributed by atoms with Crippen LogP contribution in [0.5, 0.6) is 0 Å². The summed E-state index contributed by atoms with van der Waals surface area (Å²) in [5.41, 5.74) is 0.375. The van der Waals surface area contributed by atoms with E-state index in [2.05, 4.69) is 0 Å². The molecule has 0 atom stereocenters. The molecule has 0 N–H and O–H groups in total. The van der Waals surface area contributed by atoms with Gasteiger partial charge in [-0.05, 0) is 13.8 Å². The molecule has 0 heterocycles. The topological polar surface area (TPSA) is 0 Å². The second-order valence-corrected chi connectivity index (χ2v) is 9.55. The molecule has 0 bridgehead atoms. The van der Waals surface area contributed by atoms with Crippen molar-refractivity contribution >= 4 is 40.1 Å². The van der Waals surface area contributed by atoms with E-state index in [4.69, 9.17) is 34.1 Å². The van der Waals surface area contributed by atoms with Gasteiger partial charge in [0, 0.05) is 0 Å². The van der Waals surface area contributed by atoms with Crippen molar-refractivity contribution in [3.63, 3.8) is 0 Å². The molecule has 0 unspecified atom stereocenters. The molecule has 0 aliphatic carbocycles. The summed E-state index contributed by atoms with van der Waals surface area (Å²) in [4.78, 5) is 0. The minimum absolute atomic E-state index is 0.375. The Morgan fingerprint density at radius 1 is 1.33 bits per heavy atom. The molecular formula is C5H11Cl3P+. The van der Waals surface area contributed by atoms with Gasteiger partial charge < -0.3 is 0 Å². The predicted octanol–water partition coefficient (Wildman–Crippen LogP) is 3.96. The third-order valence-corrected chi connectivity index (χ3v) is 7.28. The van der Waals surface area contributed by atoms with Crippen molar-refractivity contribution in [2.45, 2.75) is 19.5 Å². The van der Waals surface area contributed by atoms with Gasteiger partial charge in [-0.1, -0.05) is 0 Å². The molecule has 0 saturated heterocycles. The van der Waals surface area contributed by atoms with Gasteiger partial charge in [-0.3, -0.25) is 0 Å². The van der Waals surface area contributed by atoms with Gasteiger partial charge in [0.2, 0.25) is 5.97 Å². The fourth-order valence-electron chi connectivity index (χ4n) is 0.371. The molecule has 0 saturated carbocycles. The van der Waals surface area contributed by atoms with Gasteiger partial charge in [-0.2, -0.15) is 0 Å². The zero-order chi connectivity index (χ0) is 7.49. The largest absolute Gasteiger partial charge is 0.215 e. The molecule has 0 spiro atoms. The second kappa shape index (κ2) is 4.23. The lowest BCUT2D eigenvalue weighted by molar-refractivity contribution is 1.09. The quantitative estimate of drug-likeness (QED) is 0.486. The van der Waals surface area contributed by atoms with Crippen LogP contribution in [0.25, 0.3) is 0 Å². The lowest BCUT2D eigenvalue weighted by atomic mass is 10.6. The molecule has 0 radical (unpaired) electrons. The van der Waals surface area contributed by atoms with Crippen molar-refractivity contribution in [3.05, 3.63) is 0 Å². The first-order valence-electron chi connectivity index (χ1n) is 2.83. The maximum atomic E-state index is 5.96. The zero-order valence-corrected chi connectivity index (χ0v) is 8.73. The highest BCUT2D eigenvalue weighted by atomic mass is 35.9. The van der Waals surface area contributed by atoms with Crippen LogP contribution in [0.15, 0.2) is 0 Å². The van der Waals surface area contributed by atoms with Crippen molar-refractivity contribution < 1.29 is 0 Å². The van der Waals surface area contributed by atoms with Crippen LogP contribution in [0.3, 0.4) is 0 Å². The minimum atomic E-state index is -1.70. The normalized spacial score (nSPS) is 12.7. The number of halogens is 3. The third-order valence-electron chi connectivity index (χ3n) is 1.14. The van der Waals surface area contributed by atoms with Crippen LogP contribution in [-0.2, 0) is 0 Å². The Morgan fingerprint density at radius 2 is 1.78 bits per heavy atom. The highest BCUT2D eigenvalue weighted by molar-refractivity contribution is 8.17. The van der Waals surface area contributed by atoms with Gasteiger partial charge >= 0.3 is 0 Å². The Labute approximate surface area is 71.8 Å². The van der Waals surface area contributed by atoms with Gasteiger partial charge in [0.15, 0.2) is 0 Å². The highest BCUT2D eigenvalue weighted by Crippen LogP contribution is 2.72. The average molecular weight is 208 g/mol. The molecule has 0 amide bonds. The molecule has 0 aliphatic rings. The monoisotopic (exact) mass is 207 g/mol. The van der Waals surface area contributed by atoms with Gasteiger partial charge in [0.05, 0.1) is 11.5 Å². The Bertz CT molecular complexity index is 82.3. The summed E-state index contributed by atoms with van der Waals surface area (Å²) in [6.07, 6.45) is 0.759. The van der Waals surface area contributed by atoms with E-state index in [0.717, 1.165) is 6.16 Å². The van der Waals surface area contributed by atoms with E-state index in [9.17, 15) is 0 Å². The molecule has 56 valence electrons. The van der Waals surface area contributed by atoms with Crippen molar-refractivity contribution in [3.8, 4) is 0 Å². The van der Waals surface area contributed by atoms with Crippen molar-refractivity contribution in [2.75, 3.05) is 12.0 Å². The van der Waals surface area contributed by atoms with Crippen LogP contribution < -0.4 is 0 Å². The smallest absolute Gasteiger partial charge is 0.123 e. The Kier molecular flexibility index (Phi) is 4.85. The fourth-order valence-corrected chi connectivity index (χ4v) is 2.94. The van der Waals surface area contributed by atoms with Crippen LogP contribution in [0.2, 0.25) is 0 Å². The maximum Gasteiger partial charge on any atom is 0.215 e. The Hall–Kier alpha value is 1.30. The first-order valence-corrected chi connectivity index (χ1v) is 7.22. The molecule has 4 heteroatoms. The van der Waals surface area contributed by atoms with E-state index in [1.54, 1.807) is 0 Å². The fraction of sp³-hybridized carbons (Fsp3) is 1.00. The highest BCUT2D eigenvalue weighted by Gasteiger charge is 2.37. The second-order valence-electron chi connectivity index (χ2n) is 2.19. The van der Waals surface area contributed by atoms with E-state index in [1.807, 2.05) is 13.8 Å². The van der Waals surface area contributed by atoms with Crippen molar-refractivity contribution in [2.24, 2.45) is 0 Å². The SMILES string of the molecule is CC(C)[P+](Cl)(Cl)CCCl. The summed E-state index contributed by atoms with van der Waals surface area (Å²) in [7, 11) is 0. The van der Waals surface area contributed by atoms with E-state index < -0.39 is 5.97 Å². The van der Waals surface area contributed by atoms with Crippen LogP contribution >= 0.6 is 40.1 Å². The average Bonchev–Trinajstić information content (AvgIpc) is 1.65. The Morgan fingerprint density at radius 3 is 1.89 bits per heavy atom. The summed E-state index contributed by atoms with van der Waals surface area (Å²) < 4.78 is 0. The predicted molar refractivity (Wildman–Crippen MR) is 49.3 cm³/mol. The minimum Gasteiger partial charge on any atom is -0.123 e. The van der Waals surface area contributed by atoms with E-state index in [0.29, 0.717) is 11.5 Å². The first kappa shape index (κ1) is 10.3. The lowest BCUT2D eigenvalue weighted by Gasteiger charge is -2.11. The number of hydrogen-bond donors (Lipinski definition) is 0. The summed E-state index contributed by atoms with van der Waals surface area (Å²) in [6.45, 7) is 4.06. The van der Waals surface area contributed by atoms with Crippen LogP contribution in [0, 0.1) is 0 Å². The molecule has 0 aliphatic heterocycles. The molecule has 0 aromatic carbocycles. The summed E-state index contributed by atoms with van der Waals surface area (Å²) in [5, 5.41) is 0. The zero-order valence-electron chi connectivity index (χ0n) is 5.57. The molecule has 9 heavy (non-hydrogen) atoms. The number of rotatable bonds is 3. The van der Waals surface area contributed by atoms with Crippen molar-refractivity contribution in [1.29, 1.82) is 0 Å². The van der Waals surface area contributed by atoms with Crippen molar-refractivity contribution in [1.82, 2.24) is 0 Å². The third kappa shape index (κ3) is 3.88. The molecule has 0 rings (SSSR count). The molecule has 0 aromatic heterocycles. The molecule has 0 fully saturated rings. The molecule has 0 nitrogen and oxygen atoms in total. The van der Waals surface area contributed by atoms with Gasteiger partial charge in [-0.25, -0.2) is 0 Å².